The molecule has 78 valence electrons. The molecule has 14 heavy (non-hydrogen) atoms. The van der Waals surface area contributed by atoms with Crippen LogP contribution in [0, 0.1) is 0 Å². The molecule has 0 fully saturated rings. The van der Waals surface area contributed by atoms with Crippen LogP contribution in [0.4, 0.5) is 0 Å². The highest BCUT2D eigenvalue weighted by Crippen LogP contribution is 2.32. The highest BCUT2D eigenvalue weighted by atomic mass is 35.5. The lowest BCUT2D eigenvalue weighted by Gasteiger charge is -2.18. The highest BCUT2D eigenvalue weighted by molar-refractivity contribution is 6.32. The summed E-state index contributed by atoms with van der Waals surface area (Å²) in [5, 5.41) is 19.3. The highest BCUT2D eigenvalue weighted by Gasteiger charge is 2.19. The van der Waals surface area contributed by atoms with E-state index in [2.05, 4.69) is 0 Å². The third-order valence-corrected chi connectivity index (χ3v) is 2.62. The van der Waals surface area contributed by atoms with Gasteiger partial charge in [0.05, 0.1) is 11.1 Å². The minimum atomic E-state index is -0.834. The minimum Gasteiger partial charge on any atom is -0.506 e. The van der Waals surface area contributed by atoms with Gasteiger partial charge in [-0.25, -0.2) is 0 Å². The van der Waals surface area contributed by atoms with Crippen LogP contribution >= 0.6 is 11.6 Å². The number of hydrogen-bond donors (Lipinski definition) is 3. The predicted molar refractivity (Wildman–Crippen MR) is 56.3 cm³/mol. The zero-order valence-electron chi connectivity index (χ0n) is 7.94. The summed E-state index contributed by atoms with van der Waals surface area (Å²) in [6.07, 6.45) is -0.188. The van der Waals surface area contributed by atoms with Crippen LogP contribution < -0.4 is 5.73 Å². The predicted octanol–water partition coefficient (Wildman–Crippen LogP) is 1.82. The van der Waals surface area contributed by atoms with E-state index in [1.54, 1.807) is 12.1 Å². The number of rotatable bonds is 3. The van der Waals surface area contributed by atoms with E-state index >= 15 is 0 Å². The third-order valence-electron chi connectivity index (χ3n) is 2.20. The van der Waals surface area contributed by atoms with Gasteiger partial charge in [0.25, 0.3) is 0 Å². The molecule has 4 heteroatoms. The fourth-order valence-electron chi connectivity index (χ4n) is 1.22. The first-order chi connectivity index (χ1) is 6.57. The molecule has 3 nitrogen and oxygen atoms in total. The molecule has 1 rings (SSSR count). The van der Waals surface area contributed by atoms with Gasteiger partial charge in [0.15, 0.2) is 0 Å². The monoisotopic (exact) mass is 215 g/mol. The zero-order chi connectivity index (χ0) is 10.7. The van der Waals surface area contributed by atoms with Crippen LogP contribution in [-0.4, -0.2) is 16.3 Å². The average molecular weight is 216 g/mol. The lowest BCUT2D eigenvalue weighted by Crippen LogP contribution is -2.27. The van der Waals surface area contributed by atoms with Crippen LogP contribution in [0.25, 0.3) is 0 Å². The normalized spacial score (nSPS) is 15.1. The van der Waals surface area contributed by atoms with Crippen LogP contribution in [-0.2, 0) is 0 Å². The van der Waals surface area contributed by atoms with Crippen LogP contribution in [0.2, 0.25) is 5.02 Å². The Bertz CT molecular complexity index is 317. The van der Waals surface area contributed by atoms with E-state index in [9.17, 15) is 10.2 Å². The molecule has 0 spiro atoms. The van der Waals surface area contributed by atoms with Crippen molar-refractivity contribution in [2.24, 2.45) is 5.73 Å². The Balaban J connectivity index is 3.01. The number of phenolic OH excluding ortho intramolecular Hbond substituents is 1. The van der Waals surface area contributed by atoms with E-state index in [4.69, 9.17) is 17.3 Å². The van der Waals surface area contributed by atoms with Gasteiger partial charge in [-0.3, -0.25) is 0 Å². The standard InChI is InChI=1S/C10H14ClNO2/c1-2-7(12)10(14)6-4-3-5-8(13)9(6)11/h3-5,7,10,13-14H,2,12H2,1H3. The zero-order valence-corrected chi connectivity index (χ0v) is 8.70. The molecule has 0 aliphatic heterocycles. The Morgan fingerprint density at radius 2 is 2.14 bits per heavy atom. The van der Waals surface area contributed by atoms with Crippen LogP contribution in [0.5, 0.6) is 5.75 Å². The minimum absolute atomic E-state index is 0.0356. The van der Waals surface area contributed by atoms with E-state index in [0.717, 1.165) is 0 Å². The van der Waals surface area contributed by atoms with Crippen molar-refractivity contribution in [3.8, 4) is 5.75 Å². The number of phenols is 1. The average Bonchev–Trinajstić information content (AvgIpc) is 2.20. The first-order valence-corrected chi connectivity index (χ1v) is 4.86. The number of benzene rings is 1. The summed E-state index contributed by atoms with van der Waals surface area (Å²) in [4.78, 5) is 0. The largest absolute Gasteiger partial charge is 0.506 e. The van der Waals surface area contributed by atoms with Crippen LogP contribution in [0.1, 0.15) is 25.0 Å². The second-order valence-corrected chi connectivity index (χ2v) is 3.58. The van der Waals surface area contributed by atoms with Gasteiger partial charge >= 0.3 is 0 Å². The maximum Gasteiger partial charge on any atom is 0.134 e. The molecule has 2 unspecified atom stereocenters. The Labute approximate surface area is 88.1 Å². The third kappa shape index (κ3) is 2.18. The first kappa shape index (κ1) is 11.3. The molecule has 0 bridgehead atoms. The molecule has 0 heterocycles. The Morgan fingerprint density at radius 1 is 1.50 bits per heavy atom. The first-order valence-electron chi connectivity index (χ1n) is 4.49. The van der Waals surface area contributed by atoms with Crippen LogP contribution in [0.15, 0.2) is 18.2 Å². The molecule has 1 aromatic carbocycles. The van der Waals surface area contributed by atoms with Gasteiger partial charge in [-0.15, -0.1) is 0 Å². The number of halogens is 1. The summed E-state index contributed by atoms with van der Waals surface area (Å²) in [5.41, 5.74) is 6.15. The maximum absolute atomic E-state index is 9.77. The van der Waals surface area contributed by atoms with E-state index in [1.807, 2.05) is 6.92 Å². The lowest BCUT2D eigenvalue weighted by atomic mass is 10.0. The van der Waals surface area contributed by atoms with Gasteiger partial charge in [0, 0.05) is 11.6 Å². The van der Waals surface area contributed by atoms with Gasteiger partial charge in [0.2, 0.25) is 0 Å². The number of aromatic hydroxyl groups is 1. The molecule has 0 radical (unpaired) electrons. The van der Waals surface area contributed by atoms with Crippen molar-refractivity contribution in [1.29, 1.82) is 0 Å². The Morgan fingerprint density at radius 3 is 2.71 bits per heavy atom. The van der Waals surface area contributed by atoms with Gasteiger partial charge in [0.1, 0.15) is 5.75 Å². The number of aliphatic hydroxyl groups is 1. The summed E-state index contributed by atoms with van der Waals surface area (Å²) >= 11 is 5.82. The van der Waals surface area contributed by atoms with Gasteiger partial charge < -0.3 is 15.9 Å². The molecule has 0 aliphatic rings. The number of aliphatic hydroxyl groups excluding tert-OH is 1. The summed E-state index contributed by atoms with van der Waals surface area (Å²) in [6.45, 7) is 1.88. The molecular weight excluding hydrogens is 202 g/mol. The Kier molecular flexibility index (Phi) is 3.75. The fraction of sp³-hybridized carbons (Fsp3) is 0.400. The van der Waals surface area contributed by atoms with Crippen molar-refractivity contribution in [2.75, 3.05) is 0 Å². The maximum atomic E-state index is 9.77. The molecular formula is C10H14ClNO2. The molecule has 0 aromatic heterocycles. The molecule has 0 aliphatic carbocycles. The van der Waals surface area contributed by atoms with Crippen molar-refractivity contribution in [3.63, 3.8) is 0 Å². The summed E-state index contributed by atoms with van der Waals surface area (Å²) in [5.74, 6) is -0.0356. The topological polar surface area (TPSA) is 66.5 Å². The summed E-state index contributed by atoms with van der Waals surface area (Å²) < 4.78 is 0. The lowest BCUT2D eigenvalue weighted by molar-refractivity contribution is 0.144. The number of hydrogen-bond acceptors (Lipinski definition) is 3. The number of nitrogens with two attached hydrogens (primary N) is 1. The van der Waals surface area contributed by atoms with Crippen molar-refractivity contribution in [3.05, 3.63) is 28.8 Å². The van der Waals surface area contributed by atoms with Crippen molar-refractivity contribution < 1.29 is 10.2 Å². The molecule has 1 aromatic rings. The van der Waals surface area contributed by atoms with Crippen LogP contribution in [0.3, 0.4) is 0 Å². The quantitative estimate of drug-likeness (QED) is 0.721. The van der Waals surface area contributed by atoms with Crippen molar-refractivity contribution in [1.82, 2.24) is 0 Å². The molecule has 4 N–H and O–H groups in total. The van der Waals surface area contributed by atoms with Gasteiger partial charge in [-0.05, 0) is 12.5 Å². The van der Waals surface area contributed by atoms with Gasteiger partial charge in [-0.2, -0.15) is 0 Å². The van der Waals surface area contributed by atoms with Gasteiger partial charge in [-0.1, -0.05) is 30.7 Å². The second-order valence-electron chi connectivity index (χ2n) is 3.20. The molecule has 2 atom stereocenters. The smallest absolute Gasteiger partial charge is 0.134 e. The van der Waals surface area contributed by atoms with E-state index in [-0.39, 0.29) is 16.8 Å². The molecule has 0 saturated heterocycles. The fourth-order valence-corrected chi connectivity index (χ4v) is 1.46. The second kappa shape index (κ2) is 4.64. The van der Waals surface area contributed by atoms with E-state index < -0.39 is 6.10 Å². The van der Waals surface area contributed by atoms with Crippen molar-refractivity contribution >= 4 is 11.6 Å². The van der Waals surface area contributed by atoms with Crippen molar-refractivity contribution in [2.45, 2.75) is 25.5 Å². The summed E-state index contributed by atoms with van der Waals surface area (Å²) in [7, 11) is 0. The molecule has 0 saturated carbocycles. The Hall–Kier alpha value is -0.770. The molecule has 0 amide bonds. The van der Waals surface area contributed by atoms with E-state index in [0.29, 0.717) is 12.0 Å². The van der Waals surface area contributed by atoms with E-state index in [1.165, 1.54) is 6.07 Å². The SMILES string of the molecule is CCC(N)C(O)c1cccc(O)c1Cl. The summed E-state index contributed by atoms with van der Waals surface area (Å²) in [6, 6.07) is 4.38.